The molecule has 5 nitrogen and oxygen atoms in total. The molecule has 0 aliphatic rings. The number of nitrogens with one attached hydrogen (secondary N) is 2. The van der Waals surface area contributed by atoms with Crippen LogP contribution in [-0.2, 0) is 23.1 Å². The molecule has 1 aromatic carbocycles. The van der Waals surface area contributed by atoms with Crippen LogP contribution in [0.25, 0.3) is 0 Å². The summed E-state index contributed by atoms with van der Waals surface area (Å²) in [7, 11) is -3.62. The first kappa shape index (κ1) is 14.7. The number of rotatable bonds is 6. The van der Waals surface area contributed by atoms with Crippen molar-refractivity contribution in [2.75, 3.05) is 6.54 Å². The lowest BCUT2D eigenvalue weighted by Gasteiger charge is -2.05. The Hall–Kier alpha value is -1.70. The van der Waals surface area contributed by atoms with Crippen LogP contribution in [0.15, 0.2) is 41.4 Å². The molecule has 2 aromatic rings. The van der Waals surface area contributed by atoms with Gasteiger partial charge in [-0.3, -0.25) is 0 Å². The van der Waals surface area contributed by atoms with Gasteiger partial charge >= 0.3 is 0 Å². The summed E-state index contributed by atoms with van der Waals surface area (Å²) in [5.74, 6) is -0.344. The summed E-state index contributed by atoms with van der Waals surface area (Å²) < 4.78 is 39.3. The molecule has 0 amide bonds. The second kappa shape index (κ2) is 6.17. The van der Waals surface area contributed by atoms with E-state index >= 15 is 0 Å². The molecule has 0 fully saturated rings. The highest BCUT2D eigenvalue weighted by Gasteiger charge is 2.15. The molecule has 3 N–H and O–H groups in total. The number of aliphatic hydroxyl groups is 1. The van der Waals surface area contributed by atoms with Crippen molar-refractivity contribution in [2.45, 2.75) is 17.9 Å². The maximum atomic E-state index is 13.0. The minimum atomic E-state index is -3.62. The van der Waals surface area contributed by atoms with Crippen molar-refractivity contribution in [3.8, 4) is 0 Å². The molecule has 1 heterocycles. The van der Waals surface area contributed by atoms with Crippen LogP contribution in [0.5, 0.6) is 0 Å². The van der Waals surface area contributed by atoms with Crippen LogP contribution >= 0.6 is 0 Å². The van der Waals surface area contributed by atoms with E-state index in [4.69, 9.17) is 5.11 Å². The number of aromatic nitrogens is 1. The fraction of sp³-hybridized carbons (Fsp3) is 0.231. The number of halogens is 1. The second-order valence-electron chi connectivity index (χ2n) is 4.30. The monoisotopic (exact) mass is 298 g/mol. The van der Waals surface area contributed by atoms with Gasteiger partial charge in [0.05, 0.1) is 11.5 Å². The number of H-pyrrole nitrogens is 1. The third-order valence-electron chi connectivity index (χ3n) is 2.79. The molecule has 2 rings (SSSR count). The zero-order valence-electron chi connectivity index (χ0n) is 10.6. The van der Waals surface area contributed by atoms with Crippen LogP contribution < -0.4 is 4.72 Å². The Morgan fingerprint density at radius 2 is 2.10 bits per heavy atom. The first-order valence-electron chi connectivity index (χ1n) is 6.03. The minimum Gasteiger partial charge on any atom is -0.390 e. The zero-order valence-corrected chi connectivity index (χ0v) is 11.5. The van der Waals surface area contributed by atoms with E-state index < -0.39 is 10.0 Å². The Kier molecular flexibility index (Phi) is 4.53. The van der Waals surface area contributed by atoms with Crippen LogP contribution in [0.3, 0.4) is 0 Å². The van der Waals surface area contributed by atoms with Gasteiger partial charge in [-0.1, -0.05) is 12.1 Å². The van der Waals surface area contributed by atoms with Crippen molar-refractivity contribution in [1.82, 2.24) is 9.71 Å². The van der Waals surface area contributed by atoms with Crippen molar-refractivity contribution in [1.29, 1.82) is 0 Å². The van der Waals surface area contributed by atoms with Gasteiger partial charge in [0.2, 0.25) is 10.0 Å². The molecule has 0 spiro atoms. The van der Waals surface area contributed by atoms with Gasteiger partial charge in [0, 0.05) is 18.4 Å². The average Bonchev–Trinajstić information content (AvgIpc) is 2.88. The minimum absolute atomic E-state index is 0.0702. The molecule has 0 unspecified atom stereocenters. The Bertz CT molecular complexity index is 682. The molecular weight excluding hydrogens is 283 g/mol. The summed E-state index contributed by atoms with van der Waals surface area (Å²) in [6.45, 7) is -0.0791. The summed E-state index contributed by atoms with van der Waals surface area (Å²) in [5, 5.41) is 8.89. The highest BCUT2D eigenvalue weighted by Crippen LogP contribution is 2.11. The van der Waals surface area contributed by atoms with Gasteiger partial charge in [-0.05, 0) is 30.2 Å². The molecular formula is C13H15FN2O3S. The van der Waals surface area contributed by atoms with Crippen LogP contribution in [0.1, 0.15) is 11.3 Å². The van der Waals surface area contributed by atoms with E-state index in [9.17, 15) is 12.8 Å². The molecule has 0 radical (unpaired) electrons. The topological polar surface area (TPSA) is 82.2 Å². The first-order valence-corrected chi connectivity index (χ1v) is 7.52. The van der Waals surface area contributed by atoms with Gasteiger partial charge in [-0.2, -0.15) is 0 Å². The molecule has 0 bridgehead atoms. The summed E-state index contributed by atoms with van der Waals surface area (Å²) in [5.41, 5.74) is 1.15. The van der Waals surface area contributed by atoms with Crippen LogP contribution in [0.2, 0.25) is 0 Å². The second-order valence-corrected chi connectivity index (χ2v) is 6.06. The Morgan fingerprint density at radius 1 is 1.30 bits per heavy atom. The SMILES string of the molecule is O=S(=O)(NCCc1cccc(F)c1)c1c[nH]c(CO)c1. The van der Waals surface area contributed by atoms with E-state index in [0.717, 1.165) is 5.56 Å². The lowest BCUT2D eigenvalue weighted by molar-refractivity contribution is 0.277. The van der Waals surface area contributed by atoms with E-state index in [1.165, 1.54) is 24.4 Å². The third kappa shape index (κ3) is 3.66. The smallest absolute Gasteiger partial charge is 0.242 e. The van der Waals surface area contributed by atoms with E-state index in [2.05, 4.69) is 9.71 Å². The number of aliphatic hydroxyl groups excluding tert-OH is 1. The van der Waals surface area contributed by atoms with E-state index in [1.54, 1.807) is 12.1 Å². The number of hydrogen-bond donors (Lipinski definition) is 3. The van der Waals surface area contributed by atoms with Crippen molar-refractivity contribution in [3.63, 3.8) is 0 Å². The molecule has 0 saturated heterocycles. The number of aromatic amines is 1. The lowest BCUT2D eigenvalue weighted by atomic mass is 10.1. The van der Waals surface area contributed by atoms with Crippen molar-refractivity contribution >= 4 is 10.0 Å². The quantitative estimate of drug-likeness (QED) is 0.748. The lowest BCUT2D eigenvalue weighted by Crippen LogP contribution is -2.25. The Labute approximate surface area is 116 Å². The summed E-state index contributed by atoms with van der Waals surface area (Å²) in [6.07, 6.45) is 1.71. The van der Waals surface area contributed by atoms with Gasteiger partial charge in [0.25, 0.3) is 0 Å². The number of benzene rings is 1. The van der Waals surface area contributed by atoms with E-state index in [1.807, 2.05) is 0 Å². The molecule has 0 aliphatic heterocycles. The van der Waals surface area contributed by atoms with Crippen LogP contribution in [0, 0.1) is 5.82 Å². The van der Waals surface area contributed by atoms with E-state index in [-0.39, 0.29) is 23.9 Å². The molecule has 108 valence electrons. The Balaban J connectivity index is 1.96. The van der Waals surface area contributed by atoms with Crippen LogP contribution in [0.4, 0.5) is 4.39 Å². The predicted molar refractivity (Wildman–Crippen MR) is 72.0 cm³/mol. The fourth-order valence-corrected chi connectivity index (χ4v) is 2.82. The maximum absolute atomic E-state index is 13.0. The van der Waals surface area contributed by atoms with Crippen LogP contribution in [-0.4, -0.2) is 25.1 Å². The van der Waals surface area contributed by atoms with Gasteiger partial charge in [-0.15, -0.1) is 0 Å². The Morgan fingerprint density at radius 3 is 2.75 bits per heavy atom. The van der Waals surface area contributed by atoms with Crippen molar-refractivity contribution < 1.29 is 17.9 Å². The average molecular weight is 298 g/mol. The van der Waals surface area contributed by atoms with E-state index in [0.29, 0.717) is 12.1 Å². The maximum Gasteiger partial charge on any atom is 0.242 e. The first-order chi connectivity index (χ1) is 9.51. The largest absolute Gasteiger partial charge is 0.390 e. The van der Waals surface area contributed by atoms with Gasteiger partial charge in [-0.25, -0.2) is 17.5 Å². The van der Waals surface area contributed by atoms with Gasteiger partial charge in [0.1, 0.15) is 5.82 Å². The molecule has 0 aliphatic carbocycles. The zero-order chi connectivity index (χ0) is 14.6. The normalized spacial score (nSPS) is 11.7. The highest BCUT2D eigenvalue weighted by molar-refractivity contribution is 7.89. The van der Waals surface area contributed by atoms with Crippen molar-refractivity contribution in [2.24, 2.45) is 0 Å². The predicted octanol–water partition coefficient (Wildman–Crippen LogP) is 1.17. The van der Waals surface area contributed by atoms with Gasteiger partial charge in [0.15, 0.2) is 0 Å². The summed E-state index contributed by atoms with van der Waals surface area (Å²) in [4.78, 5) is 2.73. The highest BCUT2D eigenvalue weighted by atomic mass is 32.2. The number of sulfonamides is 1. The summed E-state index contributed by atoms with van der Waals surface area (Å²) >= 11 is 0. The third-order valence-corrected chi connectivity index (χ3v) is 4.23. The molecule has 0 saturated carbocycles. The molecule has 7 heteroatoms. The molecule has 20 heavy (non-hydrogen) atoms. The standard InChI is InChI=1S/C13H15FN2O3S/c14-11-3-1-2-10(6-11)4-5-16-20(18,19)13-7-12(9-17)15-8-13/h1-3,6-8,15-17H,4-5,9H2. The molecule has 0 atom stereocenters. The van der Waals surface area contributed by atoms with Gasteiger partial charge < -0.3 is 10.1 Å². The number of hydrogen-bond acceptors (Lipinski definition) is 3. The fourth-order valence-electron chi connectivity index (χ4n) is 1.77. The van der Waals surface area contributed by atoms with Crippen molar-refractivity contribution in [3.05, 3.63) is 53.6 Å². The molecule has 1 aromatic heterocycles. The summed E-state index contributed by atoms with van der Waals surface area (Å²) in [6, 6.07) is 7.39.